The van der Waals surface area contributed by atoms with Crippen molar-refractivity contribution in [2.24, 2.45) is 4.99 Å². The molecule has 1 aliphatic heterocycles. The van der Waals surface area contributed by atoms with Crippen molar-refractivity contribution in [2.75, 3.05) is 34.3 Å². The number of hydrogen-bond donors (Lipinski definition) is 2. The smallest absolute Gasteiger partial charge is 0.387 e. The van der Waals surface area contributed by atoms with Gasteiger partial charge in [-0.2, -0.15) is 8.78 Å². The van der Waals surface area contributed by atoms with Gasteiger partial charge in [0, 0.05) is 31.7 Å². The maximum Gasteiger partial charge on any atom is 0.387 e. The number of halogens is 3. The van der Waals surface area contributed by atoms with Crippen molar-refractivity contribution in [2.45, 2.75) is 32.0 Å². The van der Waals surface area contributed by atoms with Crippen LogP contribution < -0.4 is 20.1 Å². The Balaban J connectivity index is 0.00000338. The van der Waals surface area contributed by atoms with Crippen molar-refractivity contribution in [3.63, 3.8) is 0 Å². The fraction of sp³-hybridized carbons (Fsp3) is 0.588. The molecule has 1 saturated heterocycles. The zero-order chi connectivity index (χ0) is 18.2. The highest BCUT2D eigenvalue weighted by Gasteiger charge is 2.20. The number of likely N-dealkylation sites (tertiary alicyclic amines) is 1. The zero-order valence-corrected chi connectivity index (χ0v) is 17.6. The minimum Gasteiger partial charge on any atom is -0.497 e. The number of hydrogen-bond acceptors (Lipinski definition) is 4. The molecule has 1 atom stereocenters. The average molecular weight is 484 g/mol. The molecule has 0 spiro atoms. The summed E-state index contributed by atoms with van der Waals surface area (Å²) >= 11 is 0. The van der Waals surface area contributed by atoms with E-state index >= 15 is 0 Å². The van der Waals surface area contributed by atoms with Crippen LogP contribution in [0.15, 0.2) is 23.2 Å². The second-order valence-electron chi connectivity index (χ2n) is 5.94. The van der Waals surface area contributed by atoms with Gasteiger partial charge in [-0.15, -0.1) is 24.0 Å². The molecule has 1 fully saturated rings. The molecule has 1 aromatic carbocycles. The largest absolute Gasteiger partial charge is 0.497 e. The van der Waals surface area contributed by atoms with Gasteiger partial charge in [-0.25, -0.2) is 0 Å². The topological polar surface area (TPSA) is 58.1 Å². The van der Waals surface area contributed by atoms with Gasteiger partial charge < -0.3 is 25.0 Å². The van der Waals surface area contributed by atoms with Gasteiger partial charge in [0.15, 0.2) is 5.96 Å². The third-order valence-corrected chi connectivity index (χ3v) is 4.33. The Morgan fingerprint density at radius 3 is 2.73 bits per heavy atom. The number of alkyl halides is 2. The predicted molar refractivity (Wildman–Crippen MR) is 109 cm³/mol. The van der Waals surface area contributed by atoms with Gasteiger partial charge >= 0.3 is 6.61 Å². The molecule has 1 unspecified atom stereocenters. The van der Waals surface area contributed by atoms with Gasteiger partial charge in [0.05, 0.1) is 7.11 Å². The van der Waals surface area contributed by atoms with Crippen LogP contribution in [-0.4, -0.2) is 57.8 Å². The summed E-state index contributed by atoms with van der Waals surface area (Å²) in [6.45, 7) is -0.688. The van der Waals surface area contributed by atoms with Crippen molar-refractivity contribution in [3.05, 3.63) is 23.8 Å². The highest BCUT2D eigenvalue weighted by atomic mass is 127. The fourth-order valence-electron chi connectivity index (χ4n) is 2.88. The maximum atomic E-state index is 12.6. The molecule has 148 valence electrons. The number of likely N-dealkylation sites (N-methyl/N-ethyl adjacent to an activating group) is 1. The minimum absolute atomic E-state index is 0. The summed E-state index contributed by atoms with van der Waals surface area (Å²) in [6, 6.07) is 5.21. The summed E-state index contributed by atoms with van der Waals surface area (Å²) in [5, 5.41) is 6.41. The van der Waals surface area contributed by atoms with Crippen LogP contribution in [-0.2, 0) is 6.54 Å². The van der Waals surface area contributed by atoms with Gasteiger partial charge in [0.2, 0.25) is 0 Å². The Morgan fingerprint density at radius 2 is 2.15 bits per heavy atom. The number of ether oxygens (including phenoxy) is 2. The summed E-state index contributed by atoms with van der Waals surface area (Å²) in [4.78, 5) is 6.49. The Morgan fingerprint density at radius 1 is 1.38 bits per heavy atom. The average Bonchev–Trinajstić information content (AvgIpc) is 3.00. The molecule has 1 aromatic rings. The summed E-state index contributed by atoms with van der Waals surface area (Å²) in [5.74, 6) is 1.31. The van der Waals surface area contributed by atoms with Crippen molar-refractivity contribution >= 4 is 29.9 Å². The van der Waals surface area contributed by atoms with E-state index in [9.17, 15) is 8.78 Å². The molecule has 6 nitrogen and oxygen atoms in total. The molecule has 0 amide bonds. The van der Waals surface area contributed by atoms with E-state index < -0.39 is 6.61 Å². The van der Waals surface area contributed by atoms with Crippen LogP contribution in [0.3, 0.4) is 0 Å². The lowest BCUT2D eigenvalue weighted by Gasteiger charge is -2.21. The van der Waals surface area contributed by atoms with Gasteiger partial charge in [-0.1, -0.05) is 0 Å². The van der Waals surface area contributed by atoms with Crippen LogP contribution in [0.1, 0.15) is 18.4 Å². The first-order chi connectivity index (χ1) is 12.0. The lowest BCUT2D eigenvalue weighted by atomic mass is 10.2. The minimum atomic E-state index is -2.87. The van der Waals surface area contributed by atoms with E-state index in [2.05, 4.69) is 32.3 Å². The van der Waals surface area contributed by atoms with Crippen molar-refractivity contribution in [1.29, 1.82) is 0 Å². The quantitative estimate of drug-likeness (QED) is 0.354. The molecule has 0 aromatic heterocycles. The lowest BCUT2D eigenvalue weighted by molar-refractivity contribution is -0.0504. The van der Waals surface area contributed by atoms with Crippen LogP contribution in [0.25, 0.3) is 0 Å². The zero-order valence-electron chi connectivity index (χ0n) is 15.3. The first kappa shape index (κ1) is 22.7. The Kier molecular flexibility index (Phi) is 9.92. The number of benzene rings is 1. The van der Waals surface area contributed by atoms with E-state index in [4.69, 9.17) is 4.74 Å². The van der Waals surface area contributed by atoms with E-state index in [1.54, 1.807) is 19.2 Å². The van der Waals surface area contributed by atoms with Crippen LogP contribution >= 0.6 is 24.0 Å². The molecule has 0 aliphatic carbocycles. The predicted octanol–water partition coefficient (Wildman–Crippen LogP) is 2.67. The van der Waals surface area contributed by atoms with E-state index in [-0.39, 0.29) is 29.7 Å². The molecule has 0 radical (unpaired) electrons. The van der Waals surface area contributed by atoms with Gasteiger partial charge in [0.25, 0.3) is 0 Å². The lowest BCUT2D eigenvalue weighted by Crippen LogP contribution is -2.43. The monoisotopic (exact) mass is 484 g/mol. The Bertz CT molecular complexity index is 590. The molecule has 1 aliphatic rings. The van der Waals surface area contributed by atoms with Crippen LogP contribution in [0.2, 0.25) is 0 Å². The van der Waals surface area contributed by atoms with Gasteiger partial charge in [0.1, 0.15) is 11.5 Å². The molecule has 1 heterocycles. The molecule has 0 saturated carbocycles. The highest BCUT2D eigenvalue weighted by molar-refractivity contribution is 14.0. The van der Waals surface area contributed by atoms with Crippen LogP contribution in [0.5, 0.6) is 11.5 Å². The number of rotatable bonds is 7. The molecular formula is C17H27F2IN4O2. The number of nitrogens with zero attached hydrogens (tertiary/aromatic N) is 2. The normalized spacial score (nSPS) is 17.8. The number of guanidine groups is 1. The Labute approximate surface area is 170 Å². The highest BCUT2D eigenvalue weighted by Crippen LogP contribution is 2.25. The summed E-state index contributed by atoms with van der Waals surface area (Å²) < 4.78 is 34.8. The van der Waals surface area contributed by atoms with Gasteiger partial charge in [-0.3, -0.25) is 4.99 Å². The number of methoxy groups -OCH3 is 1. The van der Waals surface area contributed by atoms with E-state index in [0.717, 1.165) is 19.5 Å². The second kappa shape index (κ2) is 11.4. The summed E-state index contributed by atoms with van der Waals surface area (Å²) in [7, 11) is 5.31. The van der Waals surface area contributed by atoms with E-state index in [1.165, 1.54) is 19.6 Å². The number of aliphatic imine (C=N–C) groups is 1. The fourth-order valence-corrected chi connectivity index (χ4v) is 2.88. The molecular weight excluding hydrogens is 457 g/mol. The molecule has 26 heavy (non-hydrogen) atoms. The standard InChI is InChI=1S/C17H26F2N4O2.HI/c1-20-17(22-11-13-5-4-8-23(13)2)21-10-12-9-14(24-3)6-7-15(12)25-16(18)19;/h6-7,9,13,16H,4-5,8,10-11H2,1-3H3,(H2,20,21,22);1H. The van der Waals surface area contributed by atoms with E-state index in [0.29, 0.717) is 29.9 Å². The summed E-state index contributed by atoms with van der Waals surface area (Å²) in [6.07, 6.45) is 2.36. The Hall–Kier alpha value is -1.36. The second-order valence-corrected chi connectivity index (χ2v) is 5.94. The number of nitrogens with one attached hydrogen (secondary N) is 2. The van der Waals surface area contributed by atoms with Crippen LogP contribution in [0, 0.1) is 0 Å². The maximum absolute atomic E-state index is 12.6. The third kappa shape index (κ3) is 6.75. The molecule has 0 bridgehead atoms. The van der Waals surface area contributed by atoms with Gasteiger partial charge in [-0.05, 0) is 44.6 Å². The third-order valence-electron chi connectivity index (χ3n) is 4.33. The molecule has 2 N–H and O–H groups in total. The van der Waals surface area contributed by atoms with Crippen molar-refractivity contribution in [3.8, 4) is 11.5 Å². The molecule has 9 heteroatoms. The summed E-state index contributed by atoms with van der Waals surface area (Å²) in [5.41, 5.74) is 0.570. The van der Waals surface area contributed by atoms with E-state index in [1.807, 2.05) is 0 Å². The van der Waals surface area contributed by atoms with Crippen molar-refractivity contribution in [1.82, 2.24) is 15.5 Å². The first-order valence-electron chi connectivity index (χ1n) is 8.30. The first-order valence-corrected chi connectivity index (χ1v) is 8.30. The molecule has 2 rings (SSSR count). The van der Waals surface area contributed by atoms with Crippen LogP contribution in [0.4, 0.5) is 8.78 Å². The SMILES string of the molecule is CN=C(NCc1cc(OC)ccc1OC(F)F)NCC1CCCN1C.I. The van der Waals surface area contributed by atoms with Crippen molar-refractivity contribution < 1.29 is 18.3 Å².